The zero-order valence-electron chi connectivity index (χ0n) is 22.8. The largest absolute Gasteiger partial charge is 0.393 e. The molecule has 5 heteroatoms. The second-order valence-corrected chi connectivity index (χ2v) is 13.9. The number of hydrogen-bond donors (Lipinski definition) is 4. The van der Waals surface area contributed by atoms with Crippen LogP contribution in [0.4, 0.5) is 0 Å². The topological polar surface area (TPSA) is 93.5 Å². The van der Waals surface area contributed by atoms with Crippen LogP contribution in [0.15, 0.2) is 23.3 Å². The Labute approximate surface area is 211 Å². The third-order valence-corrected chi connectivity index (χ3v) is 11.8. The average molecular weight is 489 g/mol. The summed E-state index contributed by atoms with van der Waals surface area (Å²) in [5, 5.41) is 44.1. The minimum atomic E-state index is -1.14. The maximum atomic E-state index is 11.5. The summed E-state index contributed by atoms with van der Waals surface area (Å²) in [4.78, 5) is 0. The van der Waals surface area contributed by atoms with Crippen molar-refractivity contribution in [2.24, 2.45) is 40.4 Å². The van der Waals surface area contributed by atoms with E-state index in [9.17, 15) is 20.4 Å². The fourth-order valence-electron chi connectivity index (χ4n) is 9.42. The van der Waals surface area contributed by atoms with E-state index in [0.717, 1.165) is 38.5 Å². The minimum absolute atomic E-state index is 0.0578. The van der Waals surface area contributed by atoms with Crippen LogP contribution in [0.5, 0.6) is 0 Å². The molecule has 35 heavy (non-hydrogen) atoms. The van der Waals surface area contributed by atoms with Crippen LogP contribution < -0.4 is 0 Å². The molecule has 0 aromatic rings. The maximum absolute atomic E-state index is 11.5. The van der Waals surface area contributed by atoms with Crippen molar-refractivity contribution in [3.05, 3.63) is 23.3 Å². The van der Waals surface area contributed by atoms with E-state index in [1.807, 2.05) is 6.92 Å². The van der Waals surface area contributed by atoms with Crippen LogP contribution in [0.2, 0.25) is 0 Å². The van der Waals surface area contributed by atoms with Gasteiger partial charge >= 0.3 is 0 Å². The van der Waals surface area contributed by atoms with Crippen molar-refractivity contribution >= 4 is 0 Å². The predicted octanol–water partition coefficient (Wildman–Crippen LogP) is 4.38. The Morgan fingerprint density at radius 3 is 2.37 bits per heavy atom. The van der Waals surface area contributed by atoms with Crippen LogP contribution in [0.25, 0.3) is 0 Å². The summed E-state index contributed by atoms with van der Waals surface area (Å²) in [6, 6.07) is 0. The molecule has 1 aliphatic heterocycles. The maximum Gasteiger partial charge on any atom is 0.148 e. The number of aliphatic hydroxyl groups is 4. The van der Waals surface area contributed by atoms with E-state index in [1.54, 1.807) is 13.8 Å². The van der Waals surface area contributed by atoms with Gasteiger partial charge < -0.3 is 25.2 Å². The predicted molar refractivity (Wildman–Crippen MR) is 136 cm³/mol. The van der Waals surface area contributed by atoms with Gasteiger partial charge in [-0.1, -0.05) is 39.8 Å². The molecule has 0 aromatic carbocycles. The lowest BCUT2D eigenvalue weighted by Crippen LogP contribution is -2.54. The fraction of sp³-hybridized carbons (Fsp3) is 0.867. The Bertz CT molecular complexity index is 918. The Hall–Kier alpha value is -0.720. The van der Waals surface area contributed by atoms with Gasteiger partial charge in [0.05, 0.1) is 30.0 Å². The van der Waals surface area contributed by atoms with Crippen molar-refractivity contribution in [3.63, 3.8) is 0 Å². The number of ether oxygens (including phenoxy) is 1. The lowest BCUT2D eigenvalue weighted by molar-refractivity contribution is -0.103. The average Bonchev–Trinajstić information content (AvgIpc) is 3.39. The lowest BCUT2D eigenvalue weighted by atomic mass is 9.51. The Kier molecular flexibility index (Phi) is 6.02. The van der Waals surface area contributed by atoms with Crippen molar-refractivity contribution in [1.82, 2.24) is 0 Å². The molecule has 4 N–H and O–H groups in total. The van der Waals surface area contributed by atoms with Gasteiger partial charge in [-0.05, 0) is 111 Å². The van der Waals surface area contributed by atoms with E-state index < -0.39 is 23.4 Å². The van der Waals surface area contributed by atoms with Gasteiger partial charge in [0, 0.05) is 0 Å². The van der Waals surface area contributed by atoms with Gasteiger partial charge in [0.25, 0.3) is 0 Å². The van der Waals surface area contributed by atoms with Gasteiger partial charge in [-0.3, -0.25) is 0 Å². The zero-order chi connectivity index (χ0) is 25.7. The van der Waals surface area contributed by atoms with Crippen molar-refractivity contribution in [2.75, 3.05) is 0 Å². The van der Waals surface area contributed by atoms with Crippen LogP contribution in [-0.4, -0.2) is 56.0 Å². The molecule has 198 valence electrons. The van der Waals surface area contributed by atoms with Crippen LogP contribution in [-0.2, 0) is 4.74 Å². The summed E-state index contributed by atoms with van der Waals surface area (Å²) in [5.41, 5.74) is 0.889. The molecular formula is C30H48O5. The van der Waals surface area contributed by atoms with Gasteiger partial charge in [-0.25, -0.2) is 0 Å². The molecule has 5 rings (SSSR count). The van der Waals surface area contributed by atoms with Crippen LogP contribution in [0, 0.1) is 40.4 Å². The molecule has 4 aliphatic carbocycles. The molecular weight excluding hydrogens is 440 g/mol. The summed E-state index contributed by atoms with van der Waals surface area (Å²) in [6.45, 7) is 14.4. The number of epoxide rings is 1. The smallest absolute Gasteiger partial charge is 0.148 e. The molecule has 5 aliphatic rings. The van der Waals surface area contributed by atoms with E-state index in [1.165, 1.54) is 11.1 Å². The van der Waals surface area contributed by atoms with Crippen LogP contribution >= 0.6 is 0 Å². The second-order valence-electron chi connectivity index (χ2n) is 13.9. The first-order chi connectivity index (χ1) is 16.2. The number of aliphatic hydroxyl groups excluding tert-OH is 3. The SMILES string of the molecule is CC(C(O)C1(C(C)(C)O)OC1C)[C@@H](C)[C@H]1C(O)CC2C3=CCC4C[C@@H](O)CC[C@]4(C)C3=CC[C@@]21C. The normalized spacial score (nSPS) is 49.7. The van der Waals surface area contributed by atoms with E-state index >= 15 is 0 Å². The quantitative estimate of drug-likeness (QED) is 0.431. The van der Waals surface area contributed by atoms with Gasteiger partial charge in [0.1, 0.15) is 5.60 Å². The van der Waals surface area contributed by atoms with Crippen LogP contribution in [0.3, 0.4) is 0 Å². The van der Waals surface area contributed by atoms with Gasteiger partial charge in [-0.2, -0.15) is 0 Å². The van der Waals surface area contributed by atoms with Crippen LogP contribution in [0.1, 0.15) is 87.0 Å². The fourth-order valence-corrected chi connectivity index (χ4v) is 9.42. The van der Waals surface area contributed by atoms with Gasteiger partial charge in [-0.15, -0.1) is 0 Å². The summed E-state index contributed by atoms with van der Waals surface area (Å²) in [5.74, 6) is 0.813. The first-order valence-electron chi connectivity index (χ1n) is 14.0. The molecule has 2 saturated carbocycles. The minimum Gasteiger partial charge on any atom is -0.393 e. The van der Waals surface area contributed by atoms with Crippen molar-refractivity contribution < 1.29 is 25.2 Å². The second kappa shape index (κ2) is 8.14. The highest BCUT2D eigenvalue weighted by Gasteiger charge is 2.69. The Morgan fingerprint density at radius 1 is 1.11 bits per heavy atom. The number of rotatable bonds is 5. The highest BCUT2D eigenvalue weighted by Crippen LogP contribution is 2.65. The molecule has 7 unspecified atom stereocenters. The summed E-state index contributed by atoms with van der Waals surface area (Å²) in [6.07, 6.45) is 8.83. The zero-order valence-corrected chi connectivity index (χ0v) is 22.8. The number of fused-ring (bicyclic) bond motifs is 5. The first kappa shape index (κ1) is 25.9. The molecule has 3 fully saturated rings. The first-order valence-corrected chi connectivity index (χ1v) is 14.0. The number of hydrogen-bond acceptors (Lipinski definition) is 5. The van der Waals surface area contributed by atoms with Crippen molar-refractivity contribution in [3.8, 4) is 0 Å². The molecule has 0 radical (unpaired) electrons. The Morgan fingerprint density at radius 2 is 1.77 bits per heavy atom. The van der Waals surface area contributed by atoms with E-state index in [4.69, 9.17) is 4.74 Å². The molecule has 0 amide bonds. The van der Waals surface area contributed by atoms with Gasteiger partial charge in [0.15, 0.2) is 0 Å². The number of allylic oxidation sites excluding steroid dienone is 4. The highest BCUT2D eigenvalue weighted by atomic mass is 16.6. The van der Waals surface area contributed by atoms with E-state index in [2.05, 4.69) is 39.8 Å². The molecule has 0 spiro atoms. The van der Waals surface area contributed by atoms with E-state index in [0.29, 0.717) is 11.8 Å². The van der Waals surface area contributed by atoms with Crippen molar-refractivity contribution in [1.29, 1.82) is 0 Å². The molecule has 0 aromatic heterocycles. The third kappa shape index (κ3) is 3.51. The molecule has 5 nitrogen and oxygen atoms in total. The standard InChI is InChI=1S/C30H48O5/c1-16(17(2)26(33)30(18(3)35-30)27(4,5)34)25-24(32)15-23-21-9-8-19-14-20(31)10-12-28(19,6)22(21)11-13-29(23,25)7/h9,11,16-20,23-26,31-34H,8,10,12-15H2,1-7H3/t16-,17?,18?,19?,20+,23?,24?,25+,26?,28+,29+,30?/m1/s1. The van der Waals surface area contributed by atoms with Gasteiger partial charge in [0.2, 0.25) is 0 Å². The lowest BCUT2D eigenvalue weighted by Gasteiger charge is -2.53. The molecule has 1 saturated heterocycles. The summed E-state index contributed by atoms with van der Waals surface area (Å²) >= 11 is 0. The van der Waals surface area contributed by atoms with Crippen molar-refractivity contribution in [2.45, 2.75) is 123 Å². The molecule has 0 bridgehead atoms. The molecule has 1 heterocycles. The highest BCUT2D eigenvalue weighted by molar-refractivity contribution is 5.46. The summed E-state index contributed by atoms with van der Waals surface area (Å²) < 4.78 is 5.86. The summed E-state index contributed by atoms with van der Waals surface area (Å²) in [7, 11) is 0. The monoisotopic (exact) mass is 488 g/mol. The third-order valence-electron chi connectivity index (χ3n) is 11.8. The van der Waals surface area contributed by atoms with E-state index in [-0.39, 0.29) is 40.8 Å². The Balaban J connectivity index is 1.43. The molecule has 12 atom stereocenters.